The summed E-state index contributed by atoms with van der Waals surface area (Å²) in [6.45, 7) is 2.89. The van der Waals surface area contributed by atoms with Crippen molar-refractivity contribution in [1.29, 1.82) is 0 Å². The number of alkyl halides is 1. The Hall–Kier alpha value is -2.24. The van der Waals surface area contributed by atoms with Crippen molar-refractivity contribution in [2.24, 2.45) is 0 Å². The zero-order chi connectivity index (χ0) is 15.5. The number of hydrogen-bond acceptors (Lipinski definition) is 2. The van der Waals surface area contributed by atoms with E-state index in [1.165, 1.54) is 11.0 Å². The van der Waals surface area contributed by atoms with E-state index in [1.54, 1.807) is 18.2 Å². The first kappa shape index (κ1) is 15.2. The van der Waals surface area contributed by atoms with Gasteiger partial charge in [0.05, 0.1) is 13.1 Å². The summed E-state index contributed by atoms with van der Waals surface area (Å²) in [4.78, 5) is 24.1. The average Bonchev–Trinajstić information content (AvgIpc) is 2.45. The summed E-state index contributed by atoms with van der Waals surface area (Å²) in [6, 6.07) is 6.22. The summed E-state index contributed by atoms with van der Waals surface area (Å²) in [5.74, 6) is -1.53. The Morgan fingerprint density at radius 1 is 1.38 bits per heavy atom. The summed E-state index contributed by atoms with van der Waals surface area (Å²) >= 11 is 0. The molecule has 0 unspecified atom stereocenters. The van der Waals surface area contributed by atoms with E-state index in [4.69, 9.17) is 0 Å². The minimum absolute atomic E-state index is 0.140. The molecule has 4 nitrogen and oxygen atoms in total. The van der Waals surface area contributed by atoms with Gasteiger partial charge >= 0.3 is 0 Å². The van der Waals surface area contributed by atoms with E-state index in [0.717, 1.165) is 6.08 Å². The van der Waals surface area contributed by atoms with Crippen molar-refractivity contribution in [2.45, 2.75) is 12.1 Å². The van der Waals surface area contributed by atoms with Gasteiger partial charge in [-0.05, 0) is 24.1 Å². The zero-order valence-electron chi connectivity index (χ0n) is 11.4. The summed E-state index contributed by atoms with van der Waals surface area (Å²) < 4.78 is 27.5. The number of rotatable bonds is 5. The van der Waals surface area contributed by atoms with Gasteiger partial charge in [0, 0.05) is 6.54 Å². The van der Waals surface area contributed by atoms with Crippen molar-refractivity contribution in [1.82, 2.24) is 10.2 Å². The monoisotopic (exact) mass is 294 g/mol. The molecule has 6 heteroatoms. The van der Waals surface area contributed by atoms with Crippen LogP contribution in [0.25, 0.3) is 0 Å². The predicted molar refractivity (Wildman–Crippen MR) is 73.7 cm³/mol. The molecule has 1 aliphatic rings. The van der Waals surface area contributed by atoms with Crippen LogP contribution in [0.4, 0.5) is 8.78 Å². The van der Waals surface area contributed by atoms with E-state index in [9.17, 15) is 18.4 Å². The Bertz CT molecular complexity index is 569. The molecule has 0 aliphatic carbocycles. The Kier molecular flexibility index (Phi) is 4.35. The molecule has 1 N–H and O–H groups in total. The molecule has 0 spiro atoms. The molecule has 1 aromatic carbocycles. The van der Waals surface area contributed by atoms with E-state index in [0.29, 0.717) is 5.56 Å². The third-order valence-corrected chi connectivity index (χ3v) is 3.41. The van der Waals surface area contributed by atoms with Crippen LogP contribution in [0.15, 0.2) is 36.9 Å². The zero-order valence-corrected chi connectivity index (χ0v) is 11.4. The smallest absolute Gasteiger partial charge is 0.261 e. The van der Waals surface area contributed by atoms with E-state index < -0.39 is 17.5 Å². The second-order valence-corrected chi connectivity index (χ2v) is 4.96. The second kappa shape index (κ2) is 6.03. The lowest BCUT2D eigenvalue weighted by Crippen LogP contribution is -2.67. The van der Waals surface area contributed by atoms with Crippen LogP contribution in [0.1, 0.15) is 5.56 Å². The fourth-order valence-corrected chi connectivity index (χ4v) is 2.16. The van der Waals surface area contributed by atoms with Gasteiger partial charge in [-0.25, -0.2) is 8.78 Å². The molecule has 21 heavy (non-hydrogen) atoms. The van der Waals surface area contributed by atoms with Gasteiger partial charge in [0.1, 0.15) is 5.82 Å². The highest BCUT2D eigenvalue weighted by atomic mass is 19.1. The number of nitrogens with one attached hydrogen (secondary N) is 1. The number of likely N-dealkylation sites (tertiary alicyclic amines) is 1. The van der Waals surface area contributed by atoms with Gasteiger partial charge < -0.3 is 10.2 Å². The maximum absolute atomic E-state index is 14.1. The number of benzene rings is 1. The molecule has 1 heterocycles. The minimum Gasteiger partial charge on any atom is -0.353 e. The van der Waals surface area contributed by atoms with Crippen LogP contribution in [0, 0.1) is 5.82 Å². The Morgan fingerprint density at radius 2 is 2.05 bits per heavy atom. The molecule has 0 saturated carbocycles. The molecule has 1 saturated heterocycles. The van der Waals surface area contributed by atoms with Crippen LogP contribution in [-0.4, -0.2) is 42.0 Å². The molecule has 0 radical (unpaired) electrons. The normalized spacial score (nSPS) is 16.0. The van der Waals surface area contributed by atoms with Gasteiger partial charge in [-0.3, -0.25) is 9.59 Å². The van der Waals surface area contributed by atoms with Gasteiger partial charge in [-0.15, -0.1) is 0 Å². The summed E-state index contributed by atoms with van der Waals surface area (Å²) in [5, 5.41) is 2.43. The molecule has 1 aromatic rings. The van der Waals surface area contributed by atoms with E-state index in [2.05, 4.69) is 11.9 Å². The maximum atomic E-state index is 14.1. The molecular formula is C15H16F2N2O2. The average molecular weight is 294 g/mol. The number of hydrogen-bond donors (Lipinski definition) is 1. The Labute approximate surface area is 121 Å². The maximum Gasteiger partial charge on any atom is 0.261 e. The van der Waals surface area contributed by atoms with Crippen molar-refractivity contribution in [2.75, 3.05) is 19.6 Å². The summed E-state index contributed by atoms with van der Waals surface area (Å²) in [6.07, 6.45) is 1.36. The van der Waals surface area contributed by atoms with Crippen LogP contribution in [0.5, 0.6) is 0 Å². The van der Waals surface area contributed by atoms with Crippen LogP contribution in [0.2, 0.25) is 0 Å². The standard InChI is InChI=1S/C15H16F2N2O2/c1-2-13(20)19-9-15(17,10-19)14(21)18-8-7-11-5-3-4-6-12(11)16/h2-6H,1,7-10H2,(H,18,21). The highest BCUT2D eigenvalue weighted by Crippen LogP contribution is 2.25. The number of amides is 2. The van der Waals surface area contributed by atoms with Crippen molar-refractivity contribution in [3.8, 4) is 0 Å². The quantitative estimate of drug-likeness (QED) is 0.830. The van der Waals surface area contributed by atoms with E-state index >= 15 is 0 Å². The molecule has 0 bridgehead atoms. The summed E-state index contributed by atoms with van der Waals surface area (Å²) in [5.41, 5.74) is -1.60. The van der Waals surface area contributed by atoms with Crippen molar-refractivity contribution < 1.29 is 18.4 Å². The lowest BCUT2D eigenvalue weighted by molar-refractivity contribution is -0.153. The molecule has 0 aromatic heterocycles. The first-order valence-corrected chi connectivity index (χ1v) is 6.58. The lowest BCUT2D eigenvalue weighted by Gasteiger charge is -2.42. The number of carbonyl (C=O) groups is 2. The van der Waals surface area contributed by atoms with Crippen molar-refractivity contribution >= 4 is 11.8 Å². The van der Waals surface area contributed by atoms with Crippen LogP contribution in [0.3, 0.4) is 0 Å². The molecule has 1 fully saturated rings. The van der Waals surface area contributed by atoms with E-state index in [-0.39, 0.29) is 31.9 Å². The molecule has 112 valence electrons. The SMILES string of the molecule is C=CC(=O)N1CC(F)(C(=O)NCCc2ccccc2F)C1. The van der Waals surface area contributed by atoms with Gasteiger partial charge in [0.2, 0.25) is 11.6 Å². The van der Waals surface area contributed by atoms with Crippen LogP contribution >= 0.6 is 0 Å². The second-order valence-electron chi connectivity index (χ2n) is 4.96. The topological polar surface area (TPSA) is 49.4 Å². The van der Waals surface area contributed by atoms with Gasteiger partial charge in [0.15, 0.2) is 0 Å². The largest absolute Gasteiger partial charge is 0.353 e. The van der Waals surface area contributed by atoms with Gasteiger partial charge in [-0.1, -0.05) is 24.8 Å². The highest BCUT2D eigenvalue weighted by Gasteiger charge is 2.51. The van der Waals surface area contributed by atoms with Crippen molar-refractivity contribution in [3.05, 3.63) is 48.3 Å². The number of nitrogens with zero attached hydrogens (tertiary/aromatic N) is 1. The lowest BCUT2D eigenvalue weighted by atomic mass is 9.95. The first-order valence-electron chi connectivity index (χ1n) is 6.58. The van der Waals surface area contributed by atoms with Crippen LogP contribution < -0.4 is 5.32 Å². The van der Waals surface area contributed by atoms with Gasteiger partial charge in [0.25, 0.3) is 5.91 Å². The number of halogens is 2. The summed E-state index contributed by atoms with van der Waals surface area (Å²) in [7, 11) is 0. The third-order valence-electron chi connectivity index (χ3n) is 3.41. The number of carbonyl (C=O) groups excluding carboxylic acids is 2. The van der Waals surface area contributed by atoms with E-state index in [1.807, 2.05) is 0 Å². The predicted octanol–water partition coefficient (Wildman–Crippen LogP) is 1.22. The van der Waals surface area contributed by atoms with Crippen molar-refractivity contribution in [3.63, 3.8) is 0 Å². The molecule has 2 rings (SSSR count). The Balaban J connectivity index is 1.79. The minimum atomic E-state index is -2.06. The fourth-order valence-electron chi connectivity index (χ4n) is 2.16. The molecule has 2 amide bonds. The van der Waals surface area contributed by atoms with Crippen LogP contribution in [-0.2, 0) is 16.0 Å². The van der Waals surface area contributed by atoms with Gasteiger partial charge in [-0.2, -0.15) is 0 Å². The molecular weight excluding hydrogens is 278 g/mol. The fraction of sp³-hybridized carbons (Fsp3) is 0.333. The highest BCUT2D eigenvalue weighted by molar-refractivity contribution is 5.93. The Morgan fingerprint density at radius 3 is 2.67 bits per heavy atom. The molecule has 0 atom stereocenters. The third kappa shape index (κ3) is 3.26. The first-order chi connectivity index (χ1) is 9.96. The molecule has 1 aliphatic heterocycles.